The van der Waals surface area contributed by atoms with Crippen LogP contribution in [0.4, 0.5) is 5.82 Å². The zero-order valence-corrected chi connectivity index (χ0v) is 11.9. The van der Waals surface area contributed by atoms with Gasteiger partial charge >= 0.3 is 0 Å². The molecule has 1 aliphatic carbocycles. The third-order valence-corrected chi connectivity index (χ3v) is 3.52. The molecule has 3 rings (SSSR count). The number of anilines is 1. The Morgan fingerprint density at radius 2 is 1.95 bits per heavy atom. The van der Waals surface area contributed by atoms with Crippen LogP contribution in [0.25, 0.3) is 0 Å². The highest BCUT2D eigenvalue weighted by atomic mass is 16.5. The molecule has 1 heterocycles. The molecular formula is C16H19N3O. The standard InChI is InChI=1S/C16H19N3O/c1-11-14(17-2)18-15(13-8-9-13)19-16(11)20-10-12-6-4-3-5-7-12/h3-7,13H,8-10H2,1-2H3,(H,17,18,19). The van der Waals surface area contributed by atoms with Crippen LogP contribution in [0.1, 0.15) is 35.7 Å². The van der Waals surface area contributed by atoms with Crippen LogP contribution in [0.3, 0.4) is 0 Å². The summed E-state index contributed by atoms with van der Waals surface area (Å²) in [6.45, 7) is 2.52. The average molecular weight is 269 g/mol. The summed E-state index contributed by atoms with van der Waals surface area (Å²) in [7, 11) is 1.88. The summed E-state index contributed by atoms with van der Waals surface area (Å²) in [5, 5.41) is 3.13. The van der Waals surface area contributed by atoms with Crippen LogP contribution in [-0.4, -0.2) is 17.0 Å². The van der Waals surface area contributed by atoms with Crippen LogP contribution in [-0.2, 0) is 6.61 Å². The van der Waals surface area contributed by atoms with Crippen LogP contribution in [0.15, 0.2) is 30.3 Å². The van der Waals surface area contributed by atoms with Crippen LogP contribution >= 0.6 is 0 Å². The molecule has 1 aromatic carbocycles. The highest BCUT2D eigenvalue weighted by molar-refractivity contribution is 5.48. The first kappa shape index (κ1) is 12.9. The molecule has 1 N–H and O–H groups in total. The zero-order chi connectivity index (χ0) is 13.9. The van der Waals surface area contributed by atoms with E-state index in [0.29, 0.717) is 18.4 Å². The first-order chi connectivity index (χ1) is 9.78. The molecule has 20 heavy (non-hydrogen) atoms. The molecule has 0 saturated heterocycles. The summed E-state index contributed by atoms with van der Waals surface area (Å²) in [4.78, 5) is 9.15. The van der Waals surface area contributed by atoms with E-state index in [0.717, 1.165) is 22.8 Å². The maximum Gasteiger partial charge on any atom is 0.222 e. The van der Waals surface area contributed by atoms with Gasteiger partial charge in [-0.2, -0.15) is 4.98 Å². The summed E-state index contributed by atoms with van der Waals surface area (Å²) in [6, 6.07) is 10.1. The smallest absolute Gasteiger partial charge is 0.222 e. The van der Waals surface area contributed by atoms with E-state index in [-0.39, 0.29) is 0 Å². The summed E-state index contributed by atoms with van der Waals surface area (Å²) >= 11 is 0. The number of hydrogen-bond donors (Lipinski definition) is 1. The minimum absolute atomic E-state index is 0.516. The summed E-state index contributed by atoms with van der Waals surface area (Å²) in [5.74, 6) is 2.98. The maximum atomic E-state index is 5.89. The van der Waals surface area contributed by atoms with Crippen LogP contribution in [0.2, 0.25) is 0 Å². The zero-order valence-electron chi connectivity index (χ0n) is 11.9. The molecular weight excluding hydrogens is 250 g/mol. The summed E-state index contributed by atoms with van der Waals surface area (Å²) in [5.41, 5.74) is 2.11. The molecule has 0 aliphatic heterocycles. The topological polar surface area (TPSA) is 47.0 Å². The molecule has 0 unspecified atom stereocenters. The van der Waals surface area contributed by atoms with Gasteiger partial charge in [-0.25, -0.2) is 4.98 Å². The third-order valence-electron chi connectivity index (χ3n) is 3.52. The molecule has 1 saturated carbocycles. The predicted molar refractivity (Wildman–Crippen MR) is 79.1 cm³/mol. The first-order valence-corrected chi connectivity index (χ1v) is 7.01. The highest BCUT2D eigenvalue weighted by Gasteiger charge is 2.28. The number of rotatable bonds is 5. The molecule has 2 aromatic rings. The molecule has 0 spiro atoms. The number of hydrogen-bond acceptors (Lipinski definition) is 4. The van der Waals surface area contributed by atoms with Crippen LogP contribution < -0.4 is 10.1 Å². The van der Waals surface area contributed by atoms with Gasteiger partial charge in [-0.15, -0.1) is 0 Å². The lowest BCUT2D eigenvalue weighted by Crippen LogP contribution is -2.07. The van der Waals surface area contributed by atoms with E-state index in [1.165, 1.54) is 12.8 Å². The van der Waals surface area contributed by atoms with Crippen molar-refractivity contribution < 1.29 is 4.74 Å². The van der Waals surface area contributed by atoms with Gasteiger partial charge in [0.25, 0.3) is 0 Å². The first-order valence-electron chi connectivity index (χ1n) is 7.01. The fourth-order valence-electron chi connectivity index (χ4n) is 2.15. The fourth-order valence-corrected chi connectivity index (χ4v) is 2.15. The van der Waals surface area contributed by atoms with Gasteiger partial charge in [0, 0.05) is 13.0 Å². The minimum atomic E-state index is 0.516. The van der Waals surface area contributed by atoms with Crippen molar-refractivity contribution in [3.63, 3.8) is 0 Å². The lowest BCUT2D eigenvalue weighted by atomic mass is 10.2. The Bertz CT molecular complexity index is 594. The van der Waals surface area contributed by atoms with Crippen LogP contribution in [0, 0.1) is 6.92 Å². The van der Waals surface area contributed by atoms with E-state index in [2.05, 4.69) is 27.4 Å². The molecule has 0 amide bonds. The largest absolute Gasteiger partial charge is 0.472 e. The second-order valence-corrected chi connectivity index (χ2v) is 5.16. The van der Waals surface area contributed by atoms with Gasteiger partial charge in [-0.1, -0.05) is 30.3 Å². The number of aromatic nitrogens is 2. The lowest BCUT2D eigenvalue weighted by Gasteiger charge is -2.13. The third kappa shape index (κ3) is 2.74. The van der Waals surface area contributed by atoms with Gasteiger partial charge in [0.1, 0.15) is 18.2 Å². The van der Waals surface area contributed by atoms with E-state index in [4.69, 9.17) is 4.74 Å². The number of ether oxygens (including phenoxy) is 1. The molecule has 0 bridgehead atoms. The van der Waals surface area contributed by atoms with Gasteiger partial charge in [0.15, 0.2) is 0 Å². The second-order valence-electron chi connectivity index (χ2n) is 5.16. The van der Waals surface area contributed by atoms with E-state index in [1.54, 1.807) is 0 Å². The van der Waals surface area contributed by atoms with Crippen molar-refractivity contribution in [1.82, 2.24) is 9.97 Å². The molecule has 0 atom stereocenters. The predicted octanol–water partition coefficient (Wildman–Crippen LogP) is 3.28. The Hall–Kier alpha value is -2.10. The molecule has 4 nitrogen and oxygen atoms in total. The van der Waals surface area contributed by atoms with Crippen LogP contribution in [0.5, 0.6) is 5.88 Å². The molecule has 1 aromatic heterocycles. The molecule has 104 valence electrons. The average Bonchev–Trinajstić information content (AvgIpc) is 3.32. The Morgan fingerprint density at radius 1 is 1.20 bits per heavy atom. The fraction of sp³-hybridized carbons (Fsp3) is 0.375. The van der Waals surface area contributed by atoms with E-state index in [9.17, 15) is 0 Å². The van der Waals surface area contributed by atoms with Crippen molar-refractivity contribution in [3.8, 4) is 5.88 Å². The Balaban J connectivity index is 1.82. The van der Waals surface area contributed by atoms with Crippen molar-refractivity contribution in [3.05, 3.63) is 47.3 Å². The van der Waals surface area contributed by atoms with Gasteiger partial charge in [-0.3, -0.25) is 0 Å². The molecule has 4 heteroatoms. The normalized spacial score (nSPS) is 14.1. The van der Waals surface area contributed by atoms with E-state index in [1.807, 2.05) is 32.2 Å². The second kappa shape index (κ2) is 5.49. The van der Waals surface area contributed by atoms with Crippen molar-refractivity contribution >= 4 is 5.82 Å². The molecule has 1 aliphatic rings. The van der Waals surface area contributed by atoms with Crippen molar-refractivity contribution in [1.29, 1.82) is 0 Å². The van der Waals surface area contributed by atoms with Gasteiger partial charge in [0.05, 0.1) is 5.56 Å². The quantitative estimate of drug-likeness (QED) is 0.905. The van der Waals surface area contributed by atoms with Crippen molar-refractivity contribution in [2.45, 2.75) is 32.3 Å². The van der Waals surface area contributed by atoms with E-state index < -0.39 is 0 Å². The Morgan fingerprint density at radius 3 is 2.60 bits per heavy atom. The monoisotopic (exact) mass is 269 g/mol. The number of nitrogens with zero attached hydrogens (tertiary/aromatic N) is 2. The highest BCUT2D eigenvalue weighted by Crippen LogP contribution is 2.39. The number of benzene rings is 1. The summed E-state index contributed by atoms with van der Waals surface area (Å²) in [6.07, 6.45) is 2.37. The van der Waals surface area contributed by atoms with E-state index >= 15 is 0 Å². The SMILES string of the molecule is CNc1nc(C2CC2)nc(OCc2ccccc2)c1C. The Kier molecular flexibility index (Phi) is 3.54. The molecule has 1 fully saturated rings. The van der Waals surface area contributed by atoms with Gasteiger partial charge in [-0.05, 0) is 25.3 Å². The van der Waals surface area contributed by atoms with Gasteiger partial charge in [0.2, 0.25) is 5.88 Å². The lowest BCUT2D eigenvalue weighted by molar-refractivity contribution is 0.290. The van der Waals surface area contributed by atoms with Crippen molar-refractivity contribution in [2.24, 2.45) is 0 Å². The minimum Gasteiger partial charge on any atom is -0.472 e. The maximum absolute atomic E-state index is 5.89. The van der Waals surface area contributed by atoms with Gasteiger partial charge < -0.3 is 10.1 Å². The van der Waals surface area contributed by atoms with Crippen molar-refractivity contribution in [2.75, 3.05) is 12.4 Å². The Labute approximate surface area is 119 Å². The summed E-state index contributed by atoms with van der Waals surface area (Å²) < 4.78 is 5.89. The number of nitrogens with one attached hydrogen (secondary N) is 1. The molecule has 0 radical (unpaired) electrons.